The Morgan fingerprint density at radius 1 is 0.713 bits per heavy atom. The lowest BCUT2D eigenvalue weighted by atomic mass is 9.87. The van der Waals surface area contributed by atoms with E-state index in [0.29, 0.717) is 11.1 Å². The minimum atomic E-state index is -1.76. The Morgan fingerprint density at radius 3 is 1.88 bits per heavy atom. The third kappa shape index (κ3) is 21.6. The molecule has 438 valence electrons. The van der Waals surface area contributed by atoms with E-state index in [1.807, 2.05) is 13.8 Å². The average molecular weight is 1120 g/mol. The highest BCUT2D eigenvalue weighted by Gasteiger charge is 2.38. The Bertz CT molecular complexity index is 2540. The molecule has 0 saturated carbocycles. The monoisotopic (exact) mass is 1110 g/mol. The van der Waals surface area contributed by atoms with Gasteiger partial charge in [0, 0.05) is 76.8 Å². The molecule has 0 radical (unpaired) electrons. The van der Waals surface area contributed by atoms with Crippen molar-refractivity contribution in [3.63, 3.8) is 0 Å². The molecule has 2 aromatic rings. The summed E-state index contributed by atoms with van der Waals surface area (Å²) in [5.41, 5.74) is 6.47. The number of benzene rings is 2. The van der Waals surface area contributed by atoms with Crippen molar-refractivity contribution in [1.82, 2.24) is 36.4 Å². The number of hydrogen-bond acceptors (Lipinski definition) is 14. The molecule has 1 heterocycles. The van der Waals surface area contributed by atoms with Crippen molar-refractivity contribution in [2.24, 2.45) is 35.3 Å². The maximum atomic E-state index is 14.6. The van der Waals surface area contributed by atoms with E-state index < -0.39 is 175 Å². The molecule has 0 unspecified atom stereocenters. The summed E-state index contributed by atoms with van der Waals surface area (Å²) in [6.07, 6.45) is -3.21. The van der Waals surface area contributed by atoms with E-state index >= 15 is 0 Å². The molecule has 8 amide bonds. The van der Waals surface area contributed by atoms with Crippen molar-refractivity contribution in [2.45, 2.75) is 155 Å². The number of hydrogen-bond donors (Lipinski definition) is 7. The minimum absolute atomic E-state index is 0.0686. The number of Topliss-reactive ketones (excluding diaryl/α,β-unsaturated/α-hetero) is 5. The van der Waals surface area contributed by atoms with E-state index in [-0.39, 0.29) is 50.9 Å². The molecule has 22 heteroatoms. The van der Waals surface area contributed by atoms with Crippen molar-refractivity contribution >= 4 is 76.2 Å². The van der Waals surface area contributed by atoms with Crippen LogP contribution in [0.1, 0.15) is 117 Å². The maximum absolute atomic E-state index is 14.6. The van der Waals surface area contributed by atoms with E-state index in [4.69, 9.17) is 5.73 Å². The second-order valence-electron chi connectivity index (χ2n) is 21.7. The van der Waals surface area contributed by atoms with Crippen LogP contribution in [0.3, 0.4) is 0 Å². The average Bonchev–Trinajstić information content (AvgIpc) is 3.41. The van der Waals surface area contributed by atoms with Gasteiger partial charge in [-0.1, -0.05) is 102 Å². The van der Waals surface area contributed by atoms with E-state index in [1.165, 1.54) is 39.8 Å². The molecule has 0 aliphatic carbocycles. The van der Waals surface area contributed by atoms with Gasteiger partial charge in [0.1, 0.15) is 18.1 Å². The second kappa shape index (κ2) is 32.6. The van der Waals surface area contributed by atoms with Crippen molar-refractivity contribution in [3.8, 4) is 0 Å². The highest BCUT2D eigenvalue weighted by molar-refractivity contribution is 6.00. The number of carbonyl (C=O) groups is 13. The van der Waals surface area contributed by atoms with E-state index in [2.05, 4.69) is 26.6 Å². The molecular formula is C58H82N8O14. The second-order valence-corrected chi connectivity index (χ2v) is 21.7. The summed E-state index contributed by atoms with van der Waals surface area (Å²) in [6, 6.07) is 9.49. The van der Waals surface area contributed by atoms with Gasteiger partial charge in [-0.3, -0.25) is 62.3 Å². The van der Waals surface area contributed by atoms with Gasteiger partial charge in [0.2, 0.25) is 47.3 Å². The fourth-order valence-corrected chi connectivity index (χ4v) is 9.19. The summed E-state index contributed by atoms with van der Waals surface area (Å²) in [5, 5.41) is 22.8. The largest absolute Gasteiger partial charge is 0.394 e. The summed E-state index contributed by atoms with van der Waals surface area (Å²) in [6.45, 7) is 9.82. The van der Waals surface area contributed by atoms with E-state index in [1.54, 1.807) is 74.5 Å². The fourth-order valence-electron chi connectivity index (χ4n) is 9.19. The number of nitrogens with two attached hydrogens (primary N) is 1. The molecule has 80 heavy (non-hydrogen) atoms. The molecule has 9 atom stereocenters. The summed E-state index contributed by atoms with van der Waals surface area (Å²) >= 11 is 0. The van der Waals surface area contributed by atoms with Crippen molar-refractivity contribution in [3.05, 3.63) is 71.8 Å². The third-order valence-corrected chi connectivity index (χ3v) is 14.2. The standard InChI is InChI=1S/C58H82N8O14/c1-33(2)24-42-48(71)26-35(5)54(76)64-53(34(3)4)49(72)29-40(27-38-16-12-10-13-17-38)56(78)62-43(58(80)65(8)37(7)55(77)63-44(32-67)46(69)20-22-50(59)73)30-52(75)60-31-41(68)25-36(6)57(79)66(9)45(28-39-18-14-11-15-19-39)47(70)21-23-51(74)61-42/h10-19,33-37,40,42-45,53,67H,20-32H2,1-9H3,(H2,59,73)(H,60,75)(H,61,74)(H,62,78)(H,63,77)(H,64,76)/t35-,36-,37+,40-,42+,43+,44+,45+,53+/m1/s1. The number of aliphatic hydroxyl groups excluding tert-OH is 1. The van der Waals surface area contributed by atoms with Gasteiger partial charge >= 0.3 is 0 Å². The van der Waals surface area contributed by atoms with Crippen LogP contribution in [-0.4, -0.2) is 155 Å². The molecule has 2 aromatic carbocycles. The van der Waals surface area contributed by atoms with Gasteiger partial charge in [-0.05, 0) is 49.1 Å². The van der Waals surface area contributed by atoms with Crippen molar-refractivity contribution in [1.29, 1.82) is 0 Å². The smallest absolute Gasteiger partial charge is 0.246 e. The molecule has 0 bridgehead atoms. The summed E-state index contributed by atoms with van der Waals surface area (Å²) in [7, 11) is 2.60. The van der Waals surface area contributed by atoms with Gasteiger partial charge in [0.05, 0.1) is 37.7 Å². The number of carbonyl (C=O) groups excluding carboxylic acids is 13. The SMILES string of the molecule is CC(C)C[C@@H]1NC(=O)CCC(=O)[C@H](Cc2ccccc2)N(C)C(=O)[C@H](C)CC(=O)CNC(=O)C[C@@H](C(=O)N(C)[C@@H](C)C(=O)N[C@@H](CO)C(=O)CCC(N)=O)NC(=O)[C@H](Cc2ccccc2)CC(=O)[C@H](C(C)C)NC(=O)[C@H](C)CC1=O. The number of ketones is 5. The van der Waals surface area contributed by atoms with Crippen LogP contribution in [0.4, 0.5) is 0 Å². The van der Waals surface area contributed by atoms with Crippen LogP contribution in [0.2, 0.25) is 0 Å². The zero-order chi connectivity index (χ0) is 60.0. The molecule has 1 saturated heterocycles. The highest BCUT2D eigenvalue weighted by Crippen LogP contribution is 2.21. The molecule has 0 aromatic heterocycles. The summed E-state index contributed by atoms with van der Waals surface area (Å²) in [4.78, 5) is 180. The van der Waals surface area contributed by atoms with Gasteiger partial charge in [-0.25, -0.2) is 0 Å². The quantitative estimate of drug-likeness (QED) is 0.125. The van der Waals surface area contributed by atoms with Crippen LogP contribution < -0.4 is 32.3 Å². The van der Waals surface area contributed by atoms with Crippen LogP contribution >= 0.6 is 0 Å². The molecule has 0 spiro atoms. The summed E-state index contributed by atoms with van der Waals surface area (Å²) in [5.74, 6) is -13.1. The number of nitrogens with zero attached hydrogens (tertiary/aromatic N) is 2. The zero-order valence-electron chi connectivity index (χ0n) is 47.5. The van der Waals surface area contributed by atoms with Crippen LogP contribution in [0.25, 0.3) is 0 Å². The normalized spacial score (nSPS) is 23.2. The first-order valence-corrected chi connectivity index (χ1v) is 27.2. The lowest BCUT2D eigenvalue weighted by Gasteiger charge is -2.31. The highest BCUT2D eigenvalue weighted by atomic mass is 16.3. The van der Waals surface area contributed by atoms with Gasteiger partial charge < -0.3 is 47.2 Å². The molecule has 1 fully saturated rings. The van der Waals surface area contributed by atoms with Gasteiger partial charge in [0.15, 0.2) is 28.9 Å². The molecule has 3 rings (SSSR count). The number of primary amides is 1. The Balaban J connectivity index is 2.10. The van der Waals surface area contributed by atoms with E-state index in [9.17, 15) is 67.4 Å². The molecule has 1 aliphatic heterocycles. The molecule has 8 N–H and O–H groups in total. The van der Waals surface area contributed by atoms with Gasteiger partial charge in [-0.15, -0.1) is 0 Å². The predicted octanol–water partition coefficient (Wildman–Crippen LogP) is 1.25. The van der Waals surface area contributed by atoms with Crippen LogP contribution in [-0.2, 0) is 75.2 Å². The van der Waals surface area contributed by atoms with Crippen LogP contribution in [0, 0.1) is 29.6 Å². The minimum Gasteiger partial charge on any atom is -0.394 e. The van der Waals surface area contributed by atoms with Gasteiger partial charge in [-0.2, -0.15) is 0 Å². The van der Waals surface area contributed by atoms with Crippen LogP contribution in [0.15, 0.2) is 60.7 Å². The van der Waals surface area contributed by atoms with Crippen molar-refractivity contribution < 1.29 is 67.4 Å². The first-order valence-electron chi connectivity index (χ1n) is 27.2. The molecule has 1 aliphatic rings. The van der Waals surface area contributed by atoms with Gasteiger partial charge in [0.25, 0.3) is 0 Å². The third-order valence-electron chi connectivity index (χ3n) is 14.2. The lowest BCUT2D eigenvalue weighted by molar-refractivity contribution is -0.144. The Morgan fingerprint density at radius 2 is 1.31 bits per heavy atom. The zero-order valence-corrected chi connectivity index (χ0v) is 47.5. The van der Waals surface area contributed by atoms with Crippen molar-refractivity contribution in [2.75, 3.05) is 27.2 Å². The van der Waals surface area contributed by atoms with Crippen LogP contribution in [0.5, 0.6) is 0 Å². The number of rotatable bonds is 16. The topological polar surface area (TPSA) is 335 Å². The number of likely N-dealkylation sites (N-methyl/N-ethyl adjacent to an activating group) is 2. The fraction of sp³-hybridized carbons (Fsp3) is 0.569. The van der Waals surface area contributed by atoms with E-state index in [0.717, 1.165) is 4.90 Å². The summed E-state index contributed by atoms with van der Waals surface area (Å²) < 4.78 is 0. The molecule has 22 nitrogen and oxygen atoms in total. The predicted molar refractivity (Wildman–Crippen MR) is 294 cm³/mol. The first-order chi connectivity index (χ1) is 37.6. The number of aliphatic hydroxyl groups is 1. The Kier molecular flexibility index (Phi) is 27.2. The maximum Gasteiger partial charge on any atom is 0.246 e. The lowest BCUT2D eigenvalue weighted by Crippen LogP contribution is -2.57. The Labute approximate surface area is 468 Å². The number of amides is 8. The number of nitrogens with one attached hydrogen (secondary N) is 5. The molecular weight excluding hydrogens is 1030 g/mol. The first kappa shape index (κ1) is 66.8. The Hall–Kier alpha value is -7.49.